The van der Waals surface area contributed by atoms with E-state index in [4.69, 9.17) is 4.79 Å². The predicted molar refractivity (Wildman–Crippen MR) is 47.5 cm³/mol. The summed E-state index contributed by atoms with van der Waals surface area (Å²) in [7, 11) is 1.31. The van der Waals surface area contributed by atoms with E-state index in [1.807, 2.05) is 0 Å². The third-order valence-corrected chi connectivity index (χ3v) is 1.30. The molecule has 0 aromatic rings. The van der Waals surface area contributed by atoms with Crippen molar-refractivity contribution in [2.45, 2.75) is 46.0 Å². The molecule has 0 aromatic carbocycles. The zero-order chi connectivity index (χ0) is 8.95. The van der Waals surface area contributed by atoms with Crippen molar-refractivity contribution >= 4 is 6.47 Å². The Morgan fingerprint density at radius 2 is 1.45 bits per heavy atom. The lowest BCUT2D eigenvalue weighted by molar-refractivity contribution is -0.126. The maximum Gasteiger partial charge on any atom is 0.292 e. The lowest BCUT2D eigenvalue weighted by atomic mass is 10.2. The van der Waals surface area contributed by atoms with E-state index in [-0.39, 0.29) is 0 Å². The van der Waals surface area contributed by atoms with Gasteiger partial charge in [-0.25, -0.2) is 0 Å². The van der Waals surface area contributed by atoms with Crippen LogP contribution in [0.1, 0.15) is 46.0 Å². The third kappa shape index (κ3) is 26.4. The fourth-order valence-electron chi connectivity index (χ4n) is 0.677. The van der Waals surface area contributed by atoms with Gasteiger partial charge >= 0.3 is 0 Å². The van der Waals surface area contributed by atoms with Crippen molar-refractivity contribution < 1.29 is 9.53 Å². The Morgan fingerprint density at radius 3 is 1.64 bits per heavy atom. The quantitative estimate of drug-likeness (QED) is 0.456. The van der Waals surface area contributed by atoms with Crippen molar-refractivity contribution in [1.29, 1.82) is 0 Å². The van der Waals surface area contributed by atoms with Crippen LogP contribution in [0.4, 0.5) is 0 Å². The van der Waals surface area contributed by atoms with Gasteiger partial charge in [0.2, 0.25) is 0 Å². The summed E-state index contributed by atoms with van der Waals surface area (Å²) in [5.41, 5.74) is 0. The lowest BCUT2D eigenvalue weighted by Crippen LogP contribution is -1.70. The van der Waals surface area contributed by atoms with Gasteiger partial charge in [0.25, 0.3) is 6.47 Å². The van der Waals surface area contributed by atoms with Crippen molar-refractivity contribution in [2.75, 3.05) is 7.11 Å². The molecule has 0 aliphatic rings. The molecule has 68 valence electrons. The second kappa shape index (κ2) is 16.2. The Hall–Kier alpha value is -0.530. The highest BCUT2D eigenvalue weighted by Gasteiger charge is 1.80. The second-order valence-electron chi connectivity index (χ2n) is 2.39. The SMILES string of the molecule is CCCCCCC.COC=O. The maximum absolute atomic E-state index is 8.95. The zero-order valence-electron chi connectivity index (χ0n) is 7.93. The summed E-state index contributed by atoms with van der Waals surface area (Å²) in [5.74, 6) is 0. The van der Waals surface area contributed by atoms with Crippen LogP contribution in [0.5, 0.6) is 0 Å². The van der Waals surface area contributed by atoms with Gasteiger partial charge in [0.05, 0.1) is 7.11 Å². The number of methoxy groups -OCH3 is 1. The molecule has 0 amide bonds. The Bertz CT molecular complexity index is 58.6. The van der Waals surface area contributed by atoms with Crippen LogP contribution in [0.2, 0.25) is 0 Å². The average molecular weight is 160 g/mol. The summed E-state index contributed by atoms with van der Waals surface area (Å²) in [6.07, 6.45) is 7.01. The van der Waals surface area contributed by atoms with Gasteiger partial charge in [-0.1, -0.05) is 46.0 Å². The van der Waals surface area contributed by atoms with Crippen LogP contribution >= 0.6 is 0 Å². The lowest BCUT2D eigenvalue weighted by Gasteiger charge is -1.90. The minimum absolute atomic E-state index is 0.375. The van der Waals surface area contributed by atoms with Crippen LogP contribution in [0.3, 0.4) is 0 Å². The third-order valence-electron chi connectivity index (χ3n) is 1.30. The van der Waals surface area contributed by atoms with E-state index in [9.17, 15) is 0 Å². The zero-order valence-corrected chi connectivity index (χ0v) is 7.93. The molecule has 0 heterocycles. The van der Waals surface area contributed by atoms with Crippen LogP contribution in [0.15, 0.2) is 0 Å². The average Bonchev–Trinajstić information content (AvgIpc) is 2.06. The molecule has 0 atom stereocenters. The van der Waals surface area contributed by atoms with E-state index in [2.05, 4.69) is 18.6 Å². The van der Waals surface area contributed by atoms with Crippen LogP contribution in [0, 0.1) is 0 Å². The number of ether oxygens (including phenoxy) is 1. The maximum atomic E-state index is 8.95. The molecule has 0 bridgehead atoms. The molecule has 0 saturated carbocycles. The number of rotatable bonds is 5. The van der Waals surface area contributed by atoms with Crippen molar-refractivity contribution in [2.24, 2.45) is 0 Å². The number of hydrogen-bond acceptors (Lipinski definition) is 2. The van der Waals surface area contributed by atoms with E-state index in [0.717, 1.165) is 0 Å². The highest BCUT2D eigenvalue weighted by Crippen LogP contribution is 2.00. The molecule has 0 unspecified atom stereocenters. The standard InChI is InChI=1S/C7H16.C2H4O2/c1-3-5-7-6-4-2;1-4-2-3/h3-7H2,1-2H3;2H,1H3. The number of unbranched alkanes of at least 4 members (excludes halogenated alkanes) is 4. The highest BCUT2D eigenvalue weighted by molar-refractivity contribution is 5.36. The van der Waals surface area contributed by atoms with Gasteiger partial charge in [-0.3, -0.25) is 4.79 Å². The fourth-order valence-corrected chi connectivity index (χ4v) is 0.677. The van der Waals surface area contributed by atoms with Gasteiger partial charge in [0.1, 0.15) is 0 Å². The molecular weight excluding hydrogens is 140 g/mol. The first kappa shape index (κ1) is 13.1. The number of carbonyl (C=O) groups excluding carboxylic acids is 1. The van der Waals surface area contributed by atoms with Crippen LogP contribution in [-0.2, 0) is 9.53 Å². The van der Waals surface area contributed by atoms with Crippen molar-refractivity contribution in [3.8, 4) is 0 Å². The summed E-state index contributed by atoms with van der Waals surface area (Å²) in [6.45, 7) is 4.87. The summed E-state index contributed by atoms with van der Waals surface area (Å²) in [4.78, 5) is 8.95. The first-order valence-electron chi connectivity index (χ1n) is 4.29. The largest absolute Gasteiger partial charge is 0.471 e. The highest BCUT2D eigenvalue weighted by atomic mass is 16.5. The van der Waals surface area contributed by atoms with Gasteiger partial charge < -0.3 is 4.74 Å². The molecule has 11 heavy (non-hydrogen) atoms. The van der Waals surface area contributed by atoms with Gasteiger partial charge in [0.15, 0.2) is 0 Å². The number of hydrogen-bond donors (Lipinski definition) is 0. The smallest absolute Gasteiger partial charge is 0.292 e. The summed E-state index contributed by atoms with van der Waals surface area (Å²) >= 11 is 0. The monoisotopic (exact) mass is 160 g/mol. The summed E-state index contributed by atoms with van der Waals surface area (Å²) in [6, 6.07) is 0. The predicted octanol–water partition coefficient (Wildman–Crippen LogP) is 2.77. The minimum atomic E-state index is 0.375. The molecule has 0 aliphatic carbocycles. The van der Waals surface area contributed by atoms with Crippen molar-refractivity contribution in [3.63, 3.8) is 0 Å². The Morgan fingerprint density at radius 1 is 1.09 bits per heavy atom. The molecule has 0 fully saturated rings. The molecular formula is C9H20O2. The molecule has 0 saturated heterocycles. The van der Waals surface area contributed by atoms with Gasteiger partial charge in [-0.05, 0) is 0 Å². The van der Waals surface area contributed by atoms with E-state index in [1.54, 1.807) is 0 Å². The van der Waals surface area contributed by atoms with Crippen LogP contribution < -0.4 is 0 Å². The topological polar surface area (TPSA) is 26.3 Å². The fraction of sp³-hybridized carbons (Fsp3) is 0.889. The van der Waals surface area contributed by atoms with Crippen molar-refractivity contribution in [1.82, 2.24) is 0 Å². The van der Waals surface area contributed by atoms with E-state index in [0.29, 0.717) is 6.47 Å². The van der Waals surface area contributed by atoms with Crippen molar-refractivity contribution in [3.05, 3.63) is 0 Å². The first-order chi connectivity index (χ1) is 5.33. The Kier molecular flexibility index (Phi) is 19.3. The molecule has 2 heteroatoms. The Labute approximate surface area is 69.9 Å². The molecule has 0 aliphatic heterocycles. The molecule has 0 N–H and O–H groups in total. The van der Waals surface area contributed by atoms with Gasteiger partial charge in [-0.2, -0.15) is 0 Å². The summed E-state index contributed by atoms with van der Waals surface area (Å²) in [5, 5.41) is 0. The molecule has 0 rings (SSSR count). The van der Waals surface area contributed by atoms with E-state index < -0.39 is 0 Å². The first-order valence-corrected chi connectivity index (χ1v) is 4.29. The number of carbonyl (C=O) groups is 1. The van der Waals surface area contributed by atoms with Crippen LogP contribution in [0.25, 0.3) is 0 Å². The van der Waals surface area contributed by atoms with Gasteiger partial charge in [0, 0.05) is 0 Å². The molecule has 2 nitrogen and oxygen atoms in total. The summed E-state index contributed by atoms with van der Waals surface area (Å²) < 4.78 is 3.86. The van der Waals surface area contributed by atoms with E-state index in [1.165, 1.54) is 39.2 Å². The second-order valence-corrected chi connectivity index (χ2v) is 2.39. The molecule has 0 spiro atoms. The van der Waals surface area contributed by atoms with Crippen LogP contribution in [-0.4, -0.2) is 13.6 Å². The minimum Gasteiger partial charge on any atom is -0.471 e. The normalized spacial score (nSPS) is 7.91. The van der Waals surface area contributed by atoms with E-state index >= 15 is 0 Å². The molecule has 0 radical (unpaired) electrons. The Balaban J connectivity index is 0. The van der Waals surface area contributed by atoms with Gasteiger partial charge in [-0.15, -0.1) is 0 Å². The molecule has 0 aromatic heterocycles.